The summed E-state index contributed by atoms with van der Waals surface area (Å²) in [5.41, 5.74) is 0. The molecule has 0 aliphatic heterocycles. The molecule has 5 atom stereocenters. The van der Waals surface area contributed by atoms with E-state index in [0.29, 0.717) is 12.1 Å². The third kappa shape index (κ3) is 3.21. The third-order valence-electron chi connectivity index (χ3n) is 4.72. The molecule has 2 N–H and O–H groups in total. The van der Waals surface area contributed by atoms with E-state index in [1.165, 1.54) is 32.1 Å². The van der Waals surface area contributed by atoms with E-state index >= 15 is 0 Å². The lowest BCUT2D eigenvalue weighted by atomic mass is 9.78. The van der Waals surface area contributed by atoms with Gasteiger partial charge in [-0.2, -0.15) is 0 Å². The average molecular weight is 225 g/mol. The number of rotatable bonds is 2. The lowest BCUT2D eigenvalue weighted by molar-refractivity contribution is 0.102. The zero-order valence-electron chi connectivity index (χ0n) is 10.8. The topological polar surface area (TPSA) is 32.3 Å². The molecular weight excluding hydrogens is 198 g/mol. The van der Waals surface area contributed by atoms with E-state index in [4.69, 9.17) is 0 Å². The smallest absolute Gasteiger partial charge is 0.0555 e. The van der Waals surface area contributed by atoms with Crippen LogP contribution in [0.1, 0.15) is 58.8 Å². The summed E-state index contributed by atoms with van der Waals surface area (Å²) in [6, 6.07) is 1.29. The van der Waals surface area contributed by atoms with Crippen LogP contribution in [0.15, 0.2) is 0 Å². The van der Waals surface area contributed by atoms with E-state index in [-0.39, 0.29) is 6.10 Å². The second-order valence-electron chi connectivity index (χ2n) is 6.15. The SMILES string of the molecule is CC1CCC(NC2CCCC(O)C2)CC1C. The fraction of sp³-hybridized carbons (Fsp3) is 1.00. The second kappa shape index (κ2) is 5.50. The van der Waals surface area contributed by atoms with Gasteiger partial charge >= 0.3 is 0 Å². The highest BCUT2D eigenvalue weighted by molar-refractivity contribution is 4.85. The van der Waals surface area contributed by atoms with Crippen molar-refractivity contribution >= 4 is 0 Å². The van der Waals surface area contributed by atoms with Gasteiger partial charge in [-0.05, 0) is 56.8 Å². The van der Waals surface area contributed by atoms with Gasteiger partial charge in [0.2, 0.25) is 0 Å². The molecule has 0 radical (unpaired) electrons. The highest BCUT2D eigenvalue weighted by Gasteiger charge is 2.27. The molecule has 0 spiro atoms. The number of aliphatic hydroxyl groups is 1. The molecule has 0 amide bonds. The van der Waals surface area contributed by atoms with Crippen molar-refractivity contribution in [1.82, 2.24) is 5.32 Å². The van der Waals surface area contributed by atoms with Crippen LogP contribution in [0, 0.1) is 11.8 Å². The molecular formula is C14H27NO. The van der Waals surface area contributed by atoms with Crippen LogP contribution in [0.5, 0.6) is 0 Å². The largest absolute Gasteiger partial charge is 0.393 e. The van der Waals surface area contributed by atoms with Crippen molar-refractivity contribution in [3.63, 3.8) is 0 Å². The fourth-order valence-electron chi connectivity index (χ4n) is 3.35. The summed E-state index contributed by atoms with van der Waals surface area (Å²) < 4.78 is 0. The predicted molar refractivity (Wildman–Crippen MR) is 67.4 cm³/mol. The van der Waals surface area contributed by atoms with Crippen LogP contribution < -0.4 is 5.32 Å². The van der Waals surface area contributed by atoms with Crippen LogP contribution in [0.25, 0.3) is 0 Å². The molecule has 2 heteroatoms. The highest BCUT2D eigenvalue weighted by atomic mass is 16.3. The predicted octanol–water partition coefficient (Wildman–Crippen LogP) is 2.70. The van der Waals surface area contributed by atoms with Crippen molar-refractivity contribution in [2.24, 2.45) is 11.8 Å². The Morgan fingerprint density at radius 1 is 0.875 bits per heavy atom. The Kier molecular flexibility index (Phi) is 4.26. The Labute approximate surface area is 99.8 Å². The number of hydrogen-bond donors (Lipinski definition) is 2. The standard InChI is InChI=1S/C14H27NO/c1-10-6-7-13(8-11(10)2)15-12-4-3-5-14(16)9-12/h10-16H,3-9H2,1-2H3. The number of nitrogens with one attached hydrogen (secondary N) is 1. The summed E-state index contributed by atoms with van der Waals surface area (Å²) in [4.78, 5) is 0. The van der Waals surface area contributed by atoms with Crippen LogP contribution in [-0.2, 0) is 0 Å². The van der Waals surface area contributed by atoms with E-state index in [1.54, 1.807) is 0 Å². The van der Waals surface area contributed by atoms with Gasteiger partial charge in [-0.15, -0.1) is 0 Å². The van der Waals surface area contributed by atoms with Gasteiger partial charge in [0.25, 0.3) is 0 Å². The Morgan fingerprint density at radius 2 is 1.62 bits per heavy atom. The first-order valence-electron chi connectivity index (χ1n) is 7.09. The van der Waals surface area contributed by atoms with E-state index < -0.39 is 0 Å². The summed E-state index contributed by atoms with van der Waals surface area (Å²) in [5.74, 6) is 1.76. The molecule has 2 rings (SSSR count). The molecule has 0 aromatic carbocycles. The first-order chi connectivity index (χ1) is 7.65. The van der Waals surface area contributed by atoms with Gasteiger partial charge in [-0.25, -0.2) is 0 Å². The molecule has 2 aliphatic rings. The van der Waals surface area contributed by atoms with Crippen LogP contribution >= 0.6 is 0 Å². The van der Waals surface area contributed by atoms with Crippen molar-refractivity contribution in [1.29, 1.82) is 0 Å². The highest BCUT2D eigenvalue weighted by Crippen LogP contribution is 2.30. The maximum atomic E-state index is 9.66. The van der Waals surface area contributed by atoms with Crippen LogP contribution in [-0.4, -0.2) is 23.3 Å². The van der Waals surface area contributed by atoms with E-state index in [9.17, 15) is 5.11 Å². The average Bonchev–Trinajstić information content (AvgIpc) is 2.24. The van der Waals surface area contributed by atoms with Crippen molar-refractivity contribution in [2.45, 2.75) is 77.0 Å². The Balaban J connectivity index is 1.76. The molecule has 0 aromatic heterocycles. The quantitative estimate of drug-likeness (QED) is 0.757. The van der Waals surface area contributed by atoms with Crippen molar-refractivity contribution in [3.05, 3.63) is 0 Å². The normalized spacial score (nSPS) is 45.6. The van der Waals surface area contributed by atoms with E-state index in [2.05, 4.69) is 19.2 Å². The monoisotopic (exact) mass is 225 g/mol. The summed E-state index contributed by atoms with van der Waals surface area (Å²) in [7, 11) is 0. The van der Waals surface area contributed by atoms with Gasteiger partial charge in [0, 0.05) is 12.1 Å². The lowest BCUT2D eigenvalue weighted by Gasteiger charge is -2.36. The van der Waals surface area contributed by atoms with Crippen molar-refractivity contribution < 1.29 is 5.11 Å². The van der Waals surface area contributed by atoms with Crippen LogP contribution in [0.2, 0.25) is 0 Å². The molecule has 2 saturated carbocycles. The second-order valence-corrected chi connectivity index (χ2v) is 6.15. The van der Waals surface area contributed by atoms with Crippen molar-refractivity contribution in [2.75, 3.05) is 0 Å². The zero-order chi connectivity index (χ0) is 11.5. The molecule has 2 aliphatic carbocycles. The van der Waals surface area contributed by atoms with E-state index in [1.807, 2.05) is 0 Å². The minimum Gasteiger partial charge on any atom is -0.393 e. The molecule has 0 saturated heterocycles. The molecule has 2 nitrogen and oxygen atoms in total. The van der Waals surface area contributed by atoms with Crippen LogP contribution in [0.3, 0.4) is 0 Å². The summed E-state index contributed by atoms with van der Waals surface area (Å²) in [6.45, 7) is 4.76. The molecule has 16 heavy (non-hydrogen) atoms. The summed E-state index contributed by atoms with van der Waals surface area (Å²) in [6.07, 6.45) is 8.41. The molecule has 0 aromatic rings. The van der Waals surface area contributed by atoms with Crippen molar-refractivity contribution in [3.8, 4) is 0 Å². The molecule has 94 valence electrons. The summed E-state index contributed by atoms with van der Waals surface area (Å²) in [5, 5.41) is 13.4. The molecule has 0 bridgehead atoms. The molecule has 5 unspecified atom stereocenters. The first-order valence-corrected chi connectivity index (χ1v) is 7.09. The maximum Gasteiger partial charge on any atom is 0.0555 e. The third-order valence-corrected chi connectivity index (χ3v) is 4.72. The minimum atomic E-state index is -0.0498. The Bertz CT molecular complexity index is 219. The van der Waals surface area contributed by atoms with Gasteiger partial charge in [0.15, 0.2) is 0 Å². The number of hydrogen-bond acceptors (Lipinski definition) is 2. The van der Waals surface area contributed by atoms with Gasteiger partial charge < -0.3 is 10.4 Å². The Hall–Kier alpha value is -0.0800. The van der Waals surface area contributed by atoms with E-state index in [0.717, 1.165) is 24.7 Å². The summed E-state index contributed by atoms with van der Waals surface area (Å²) >= 11 is 0. The fourth-order valence-corrected chi connectivity index (χ4v) is 3.35. The first kappa shape index (κ1) is 12.4. The zero-order valence-corrected chi connectivity index (χ0v) is 10.8. The van der Waals surface area contributed by atoms with Gasteiger partial charge in [0.05, 0.1) is 6.10 Å². The lowest BCUT2D eigenvalue weighted by Crippen LogP contribution is -2.45. The molecule has 0 heterocycles. The van der Waals surface area contributed by atoms with Gasteiger partial charge in [0.1, 0.15) is 0 Å². The van der Waals surface area contributed by atoms with Gasteiger partial charge in [-0.1, -0.05) is 13.8 Å². The molecule has 2 fully saturated rings. The van der Waals surface area contributed by atoms with Crippen LogP contribution in [0.4, 0.5) is 0 Å². The minimum absolute atomic E-state index is 0.0498. The maximum absolute atomic E-state index is 9.66. The Morgan fingerprint density at radius 3 is 2.31 bits per heavy atom. The van der Waals surface area contributed by atoms with Gasteiger partial charge in [-0.3, -0.25) is 0 Å². The number of aliphatic hydroxyl groups excluding tert-OH is 1.